The zero-order valence-electron chi connectivity index (χ0n) is 39.7. The van der Waals surface area contributed by atoms with Crippen molar-refractivity contribution in [2.45, 2.75) is 173 Å². The molecule has 21 atom stereocenters. The van der Waals surface area contributed by atoms with Gasteiger partial charge in [0.25, 0.3) is 0 Å². The molecule has 0 unspecified atom stereocenters. The maximum atomic E-state index is 14.1. The van der Waals surface area contributed by atoms with E-state index in [1.54, 1.807) is 12.5 Å². The van der Waals surface area contributed by atoms with Gasteiger partial charge in [-0.1, -0.05) is 45.8 Å². The van der Waals surface area contributed by atoms with Crippen molar-refractivity contribution in [1.29, 1.82) is 0 Å². The molecule has 17 heteroatoms. The SMILES string of the molecule is C[C@]1(CO)CC[C@]2(C(=O)O)CC[C@]34CCC[C@@]5(CC=C3[C@@H]2C1)[C@@]1(C)[C@H](C[C@H]2[C@H]([C@H](CC[C@@H](N)O)c3cnc[nH]3)NC(=O)[C@@H]2CO)[C@@H](O)[C@@H](O[C@@H]2OC[C@@H](O)[C@H](O)[C@H]2O)[C@@](C)(CO)[C@H]1CC[C@@]45C. The third kappa shape index (κ3) is 6.89. The number of aliphatic carboxylic acids is 1. The molecule has 2 saturated heterocycles. The number of amides is 1. The molecule has 2 bridgehead atoms. The number of carbonyl (C=O) groups is 2. The lowest BCUT2D eigenvalue weighted by atomic mass is 9.24. The monoisotopic (exact) mass is 943 g/mol. The highest BCUT2D eigenvalue weighted by Crippen LogP contribution is 2.85. The molecule has 17 nitrogen and oxygen atoms in total. The maximum absolute atomic E-state index is 14.1. The van der Waals surface area contributed by atoms with Gasteiger partial charge in [0.2, 0.25) is 5.91 Å². The normalized spacial score (nSPS) is 50.2. The first-order chi connectivity index (χ1) is 31.7. The number of allylic oxidation sites excluding steroid dienone is 2. The van der Waals surface area contributed by atoms with Gasteiger partial charge in [0.1, 0.15) is 24.5 Å². The number of aliphatic hydroxyl groups is 8. The molecule has 67 heavy (non-hydrogen) atoms. The van der Waals surface area contributed by atoms with Crippen LogP contribution in [0.4, 0.5) is 0 Å². The standard InChI is InChI=1S/C50H78N4O13/c1-44(23-56)14-15-48(43(64)65)16-17-49-10-5-11-50(13-8-29(49)31(48)19-44)46(49,3)12-9-34-45(2,24-57)40(67-42-39(62)38(61)33(58)22-66-42)37(60)30(47(34,50)4)18-27-28(21-55)41(63)54-36(27)26(6-7-35(51)59)32-20-52-25-53-32/h8,20,25-28,30-31,33-40,42,55-62H,5-7,9-19,21-24,51H2,1-4H3,(H,52,53)(H,54,63)(H,64,65)/t26-,27-,28-,30-,31+,33-,34-,35+,36+,37-,38+,39-,40-,42+,44+,45+,46+,47+,48+,49-,50+/m1/s1. The minimum Gasteiger partial charge on any atom is -0.481 e. The van der Waals surface area contributed by atoms with Crippen molar-refractivity contribution in [3.63, 3.8) is 0 Å². The number of ether oxygens (including phenoxy) is 2. The Hall–Kier alpha value is -2.55. The molecule has 3 heterocycles. The van der Waals surface area contributed by atoms with E-state index in [9.17, 15) is 55.5 Å². The molecule has 0 radical (unpaired) electrons. The average molecular weight is 943 g/mol. The fourth-order valence-corrected chi connectivity index (χ4v) is 17.8. The molecule has 13 N–H and O–H groups in total. The number of H-pyrrole nitrogens is 1. The van der Waals surface area contributed by atoms with E-state index < -0.39 is 124 Å². The molecule has 6 aliphatic carbocycles. The number of aromatic amines is 1. The van der Waals surface area contributed by atoms with E-state index in [4.69, 9.17) is 15.2 Å². The van der Waals surface area contributed by atoms with Gasteiger partial charge in [-0.05, 0) is 134 Å². The number of carbonyl (C=O) groups excluding carboxylic acids is 1. The van der Waals surface area contributed by atoms with Gasteiger partial charge in [-0.3, -0.25) is 9.59 Å². The Labute approximate surface area is 393 Å². The number of rotatable bonds is 13. The second-order valence-electron chi connectivity index (χ2n) is 23.8. The van der Waals surface area contributed by atoms with Gasteiger partial charge < -0.3 is 71.5 Å². The van der Waals surface area contributed by atoms with Crippen molar-refractivity contribution in [3.05, 3.63) is 29.9 Å². The van der Waals surface area contributed by atoms with E-state index >= 15 is 0 Å². The lowest BCUT2D eigenvalue weighted by molar-refractivity contribution is -0.358. The van der Waals surface area contributed by atoms with E-state index in [2.05, 4.69) is 42.1 Å². The summed E-state index contributed by atoms with van der Waals surface area (Å²) >= 11 is 0. The van der Waals surface area contributed by atoms with Crippen LogP contribution in [0.1, 0.15) is 129 Å². The first-order valence-electron chi connectivity index (χ1n) is 25.2. The number of carboxylic acid groups (broad SMARTS) is 1. The highest BCUT2D eigenvalue weighted by molar-refractivity contribution is 5.82. The number of nitrogens with zero attached hydrogens (tertiary/aromatic N) is 1. The van der Waals surface area contributed by atoms with Crippen LogP contribution in [0, 0.1) is 67.5 Å². The smallest absolute Gasteiger partial charge is 0.310 e. The Morgan fingerprint density at radius 1 is 0.970 bits per heavy atom. The van der Waals surface area contributed by atoms with Gasteiger partial charge in [-0.2, -0.15) is 0 Å². The van der Waals surface area contributed by atoms with Crippen LogP contribution in [0.5, 0.6) is 0 Å². The van der Waals surface area contributed by atoms with Crippen molar-refractivity contribution in [2.75, 3.05) is 26.4 Å². The molecule has 8 aliphatic rings. The molecule has 7 fully saturated rings. The summed E-state index contributed by atoms with van der Waals surface area (Å²) in [4.78, 5) is 35.2. The summed E-state index contributed by atoms with van der Waals surface area (Å²) in [5.41, 5.74) is 3.24. The summed E-state index contributed by atoms with van der Waals surface area (Å²) in [6.07, 6.45) is 4.21. The lowest BCUT2D eigenvalue weighted by Gasteiger charge is -2.80. The molecule has 9 rings (SSSR count). The molecule has 1 aromatic rings. The number of imidazole rings is 1. The van der Waals surface area contributed by atoms with Crippen LogP contribution >= 0.6 is 0 Å². The number of hydrogen-bond acceptors (Lipinski definition) is 14. The van der Waals surface area contributed by atoms with Gasteiger partial charge in [-0.15, -0.1) is 0 Å². The van der Waals surface area contributed by atoms with E-state index in [1.165, 1.54) is 5.57 Å². The third-order valence-electron chi connectivity index (χ3n) is 21.4. The number of nitrogens with one attached hydrogen (secondary N) is 2. The van der Waals surface area contributed by atoms with Crippen molar-refractivity contribution in [2.24, 2.45) is 73.2 Å². The van der Waals surface area contributed by atoms with Crippen LogP contribution < -0.4 is 11.1 Å². The quantitative estimate of drug-likeness (QED) is 0.0766. The Morgan fingerprint density at radius 2 is 1.72 bits per heavy atom. The number of aliphatic hydroxyl groups excluding tert-OH is 8. The largest absolute Gasteiger partial charge is 0.481 e. The van der Waals surface area contributed by atoms with Gasteiger partial charge in [0, 0.05) is 35.9 Å². The molecule has 1 aromatic heterocycles. The number of nitrogens with two attached hydrogens (primary N) is 1. The summed E-state index contributed by atoms with van der Waals surface area (Å²) < 4.78 is 12.5. The molecule has 1 amide bonds. The highest BCUT2D eigenvalue weighted by Gasteiger charge is 2.80. The van der Waals surface area contributed by atoms with Gasteiger partial charge in [-0.25, -0.2) is 4.98 Å². The summed E-state index contributed by atoms with van der Waals surface area (Å²) in [5, 5.41) is 104. The Morgan fingerprint density at radius 3 is 2.37 bits per heavy atom. The molecule has 0 aromatic carbocycles. The Balaban J connectivity index is 1.21. The molecule has 5 saturated carbocycles. The fraction of sp³-hybridized carbons (Fsp3) is 0.860. The van der Waals surface area contributed by atoms with Crippen LogP contribution in [-0.2, 0) is 19.1 Å². The van der Waals surface area contributed by atoms with Crippen LogP contribution in [0.25, 0.3) is 0 Å². The van der Waals surface area contributed by atoms with Crippen molar-refractivity contribution < 1.29 is 65.0 Å². The molecular formula is C50H78N4O13. The number of aromatic nitrogens is 2. The van der Waals surface area contributed by atoms with Crippen LogP contribution in [0.2, 0.25) is 0 Å². The summed E-state index contributed by atoms with van der Waals surface area (Å²) in [7, 11) is 0. The van der Waals surface area contributed by atoms with Gasteiger partial charge in [0.05, 0.1) is 49.7 Å². The van der Waals surface area contributed by atoms with E-state index in [-0.39, 0.29) is 49.2 Å². The van der Waals surface area contributed by atoms with Crippen LogP contribution in [-0.4, -0.2) is 143 Å². The van der Waals surface area contributed by atoms with Crippen molar-refractivity contribution >= 4 is 11.9 Å². The summed E-state index contributed by atoms with van der Waals surface area (Å²) in [5.74, 6) is -4.16. The average Bonchev–Trinajstić information content (AvgIpc) is 3.94. The molecule has 376 valence electrons. The van der Waals surface area contributed by atoms with Crippen molar-refractivity contribution in [3.8, 4) is 0 Å². The maximum Gasteiger partial charge on any atom is 0.310 e. The second kappa shape index (κ2) is 17.3. The fourth-order valence-electron chi connectivity index (χ4n) is 17.8. The second-order valence-corrected chi connectivity index (χ2v) is 23.8. The minimum atomic E-state index is -1.66. The first kappa shape index (κ1) is 49.4. The van der Waals surface area contributed by atoms with E-state index in [1.807, 2.05) is 6.92 Å². The zero-order valence-corrected chi connectivity index (χ0v) is 39.7. The number of carboxylic acids is 1. The zero-order chi connectivity index (χ0) is 48.3. The van der Waals surface area contributed by atoms with Gasteiger partial charge >= 0.3 is 5.97 Å². The number of fused-ring (bicyclic) bond motifs is 3. The Kier molecular flexibility index (Phi) is 12.8. The van der Waals surface area contributed by atoms with E-state index in [0.717, 1.165) is 31.4 Å². The van der Waals surface area contributed by atoms with Gasteiger partial charge in [0.15, 0.2) is 6.29 Å². The highest BCUT2D eigenvalue weighted by atomic mass is 16.7. The predicted octanol–water partition coefficient (Wildman–Crippen LogP) is 2.05. The summed E-state index contributed by atoms with van der Waals surface area (Å²) in [6.45, 7) is 7.49. The predicted molar refractivity (Wildman–Crippen MR) is 241 cm³/mol. The Bertz CT molecular complexity index is 2040. The minimum absolute atomic E-state index is 0.0200. The van der Waals surface area contributed by atoms with E-state index in [0.29, 0.717) is 51.4 Å². The third-order valence-corrected chi connectivity index (χ3v) is 21.4. The first-order valence-corrected chi connectivity index (χ1v) is 25.2. The lowest BCUT2D eigenvalue weighted by Crippen LogP contribution is -2.77. The van der Waals surface area contributed by atoms with Crippen LogP contribution in [0.3, 0.4) is 0 Å². The molecule has 1 spiro atoms. The van der Waals surface area contributed by atoms with Crippen molar-refractivity contribution in [1.82, 2.24) is 15.3 Å². The summed E-state index contributed by atoms with van der Waals surface area (Å²) in [6, 6.07) is -0.582. The number of hydrogen-bond donors (Lipinski definition) is 12. The molecule has 2 aliphatic heterocycles. The molecular weight excluding hydrogens is 865 g/mol. The topological polar surface area (TPSA) is 301 Å². The van der Waals surface area contributed by atoms with Crippen LogP contribution in [0.15, 0.2) is 24.2 Å².